The Morgan fingerprint density at radius 3 is 2.30 bits per heavy atom. The van der Waals surface area contributed by atoms with Crippen molar-refractivity contribution in [2.45, 2.75) is 71.1 Å². The molecule has 4 N–H and O–H groups in total. The number of carbonyl (C=O) groups is 4. The highest BCUT2D eigenvalue weighted by molar-refractivity contribution is 9.10. The van der Waals surface area contributed by atoms with Gasteiger partial charge in [0.2, 0.25) is 5.91 Å². The van der Waals surface area contributed by atoms with E-state index in [0.717, 1.165) is 22.7 Å². The lowest BCUT2D eigenvalue weighted by Gasteiger charge is -2.23. The highest BCUT2D eigenvalue weighted by Gasteiger charge is 2.29. The van der Waals surface area contributed by atoms with Gasteiger partial charge in [0.15, 0.2) is 6.10 Å². The predicted octanol–water partition coefficient (Wildman–Crippen LogP) is 4.67. The Balaban J connectivity index is 0.000000694. The van der Waals surface area contributed by atoms with Crippen molar-refractivity contribution < 1.29 is 37.4 Å². The summed E-state index contributed by atoms with van der Waals surface area (Å²) in [5.41, 5.74) is 0.553. The fraction of sp³-hybridized carbons (Fsp3) is 0.467. The third-order valence-corrected chi connectivity index (χ3v) is 6.36. The standard InChI is InChI=1S/C23H32F2N4O6.C7H7Br/c1-23(2,3)35-22(33)29-16(11-14-10-15(24)6-7-17(14)25)12-19(30)26-8-4-5-9-27-20(31)18-13-28-21(32)34-18;1-6-2-4-7(8)5-3-6/h6-7,10,16,18H,4-5,8-9,11-13H2,1-3H3,(H,26,30)(H,27,31)(H,28,32)(H,29,33);2-5H,1H3/t16?,18-;/m0./s1. The van der Waals surface area contributed by atoms with Crippen LogP contribution in [0.15, 0.2) is 46.9 Å². The van der Waals surface area contributed by atoms with Crippen LogP contribution in [0.25, 0.3) is 0 Å². The summed E-state index contributed by atoms with van der Waals surface area (Å²) in [6.45, 7) is 7.89. The summed E-state index contributed by atoms with van der Waals surface area (Å²) in [4.78, 5) is 47.4. The van der Waals surface area contributed by atoms with Crippen molar-refractivity contribution in [3.63, 3.8) is 0 Å². The van der Waals surface area contributed by atoms with E-state index in [1.54, 1.807) is 20.8 Å². The number of benzene rings is 2. The number of ether oxygens (including phenoxy) is 2. The zero-order chi connectivity index (χ0) is 32.0. The van der Waals surface area contributed by atoms with Crippen LogP contribution < -0.4 is 21.3 Å². The summed E-state index contributed by atoms with van der Waals surface area (Å²) in [7, 11) is 0. The molecule has 0 radical (unpaired) electrons. The Morgan fingerprint density at radius 1 is 1.07 bits per heavy atom. The van der Waals surface area contributed by atoms with Crippen LogP contribution in [0, 0.1) is 18.6 Å². The average Bonchev–Trinajstić information content (AvgIpc) is 3.35. The molecular weight excluding hydrogens is 630 g/mol. The number of carbonyl (C=O) groups excluding carboxylic acids is 4. The molecule has 3 rings (SSSR count). The van der Waals surface area contributed by atoms with Crippen molar-refractivity contribution in [2.24, 2.45) is 0 Å². The minimum Gasteiger partial charge on any atom is -0.444 e. The summed E-state index contributed by atoms with van der Waals surface area (Å²) in [5, 5.41) is 10.3. The predicted molar refractivity (Wildman–Crippen MR) is 160 cm³/mol. The lowest BCUT2D eigenvalue weighted by Crippen LogP contribution is -2.43. The maximum Gasteiger partial charge on any atom is 0.408 e. The topological polar surface area (TPSA) is 135 Å². The molecule has 1 saturated heterocycles. The van der Waals surface area contributed by atoms with Gasteiger partial charge in [-0.05, 0) is 82.9 Å². The Labute approximate surface area is 258 Å². The molecule has 0 saturated carbocycles. The van der Waals surface area contributed by atoms with E-state index in [0.29, 0.717) is 25.9 Å². The van der Waals surface area contributed by atoms with Gasteiger partial charge in [0.1, 0.15) is 17.2 Å². The van der Waals surface area contributed by atoms with Crippen molar-refractivity contribution in [3.05, 3.63) is 69.7 Å². The molecule has 1 aliphatic heterocycles. The molecule has 1 unspecified atom stereocenters. The van der Waals surface area contributed by atoms with Gasteiger partial charge in [-0.1, -0.05) is 33.6 Å². The van der Waals surface area contributed by atoms with Crippen LogP contribution in [-0.2, 0) is 25.5 Å². The number of rotatable bonds is 11. The van der Waals surface area contributed by atoms with E-state index in [1.165, 1.54) is 5.56 Å². The zero-order valence-corrected chi connectivity index (χ0v) is 26.3. The van der Waals surface area contributed by atoms with E-state index >= 15 is 0 Å². The highest BCUT2D eigenvalue weighted by atomic mass is 79.9. The smallest absolute Gasteiger partial charge is 0.408 e. The second-order valence-corrected chi connectivity index (χ2v) is 11.8. The van der Waals surface area contributed by atoms with Crippen molar-refractivity contribution in [2.75, 3.05) is 19.6 Å². The van der Waals surface area contributed by atoms with Crippen molar-refractivity contribution >= 4 is 39.9 Å². The lowest BCUT2D eigenvalue weighted by atomic mass is 10.0. The SMILES string of the molecule is CC(C)(C)OC(=O)NC(CC(=O)NCCCCNC(=O)[C@@H]1CNC(=O)O1)Cc1cc(F)ccc1F.Cc1ccc(Br)cc1. The molecule has 0 bridgehead atoms. The van der Waals surface area contributed by atoms with Gasteiger partial charge in [-0.2, -0.15) is 0 Å². The molecule has 236 valence electrons. The molecule has 1 aliphatic rings. The molecule has 1 heterocycles. The number of cyclic esters (lactones) is 1. The summed E-state index contributed by atoms with van der Waals surface area (Å²) >= 11 is 3.35. The Hall–Kier alpha value is -3.74. The first kappa shape index (κ1) is 35.5. The third-order valence-electron chi connectivity index (χ3n) is 5.84. The molecule has 1 fully saturated rings. The molecule has 0 aromatic heterocycles. The van der Waals surface area contributed by atoms with Crippen LogP contribution in [-0.4, -0.2) is 61.4 Å². The maximum atomic E-state index is 14.1. The van der Waals surface area contributed by atoms with Crippen molar-refractivity contribution in [1.29, 1.82) is 0 Å². The van der Waals surface area contributed by atoms with Gasteiger partial charge in [0.05, 0.1) is 6.54 Å². The Morgan fingerprint density at radius 2 is 1.72 bits per heavy atom. The summed E-state index contributed by atoms with van der Waals surface area (Å²) in [6.07, 6.45) is -1.42. The summed E-state index contributed by atoms with van der Waals surface area (Å²) in [6, 6.07) is 10.4. The minimum atomic E-state index is -0.848. The number of hydrogen-bond acceptors (Lipinski definition) is 6. The van der Waals surface area contributed by atoms with Gasteiger partial charge in [-0.3, -0.25) is 9.59 Å². The largest absolute Gasteiger partial charge is 0.444 e. The van der Waals surface area contributed by atoms with E-state index in [2.05, 4.69) is 56.3 Å². The van der Waals surface area contributed by atoms with Gasteiger partial charge in [-0.25, -0.2) is 18.4 Å². The van der Waals surface area contributed by atoms with Crippen molar-refractivity contribution in [3.8, 4) is 0 Å². The molecule has 2 aromatic rings. The fourth-order valence-electron chi connectivity index (χ4n) is 3.78. The number of amides is 4. The van der Waals surface area contributed by atoms with Gasteiger partial charge < -0.3 is 30.7 Å². The van der Waals surface area contributed by atoms with E-state index in [1.807, 2.05) is 12.1 Å². The molecule has 10 nitrogen and oxygen atoms in total. The lowest BCUT2D eigenvalue weighted by molar-refractivity contribution is -0.127. The van der Waals surface area contributed by atoms with E-state index in [9.17, 15) is 28.0 Å². The second-order valence-electron chi connectivity index (χ2n) is 10.9. The second kappa shape index (κ2) is 17.4. The average molecular weight is 670 g/mol. The van der Waals surface area contributed by atoms with Crippen LogP contribution in [0.5, 0.6) is 0 Å². The first-order valence-corrected chi connectivity index (χ1v) is 14.7. The molecule has 13 heteroatoms. The monoisotopic (exact) mass is 668 g/mol. The van der Waals surface area contributed by atoms with Crippen molar-refractivity contribution in [1.82, 2.24) is 21.3 Å². The molecule has 2 atom stereocenters. The normalized spacial score (nSPS) is 14.8. The fourth-order valence-corrected chi connectivity index (χ4v) is 4.05. The summed E-state index contributed by atoms with van der Waals surface area (Å²) < 4.78 is 38.8. The number of nitrogens with one attached hydrogen (secondary N) is 4. The first-order valence-electron chi connectivity index (χ1n) is 13.9. The number of halogens is 3. The molecule has 0 spiro atoms. The van der Waals surface area contributed by atoms with Gasteiger partial charge in [0.25, 0.3) is 5.91 Å². The molecular formula is C30H39BrF2N4O6. The maximum absolute atomic E-state index is 14.1. The van der Waals surface area contributed by atoms with Crippen LogP contribution >= 0.6 is 15.9 Å². The Kier molecular flexibility index (Phi) is 14.3. The van der Waals surface area contributed by atoms with Crippen LogP contribution in [0.4, 0.5) is 18.4 Å². The van der Waals surface area contributed by atoms with Gasteiger partial charge in [0, 0.05) is 30.0 Å². The number of hydrogen-bond donors (Lipinski definition) is 4. The van der Waals surface area contributed by atoms with Crippen LogP contribution in [0.1, 0.15) is 51.2 Å². The van der Waals surface area contributed by atoms with E-state index in [4.69, 9.17) is 9.47 Å². The van der Waals surface area contributed by atoms with Gasteiger partial charge >= 0.3 is 12.2 Å². The van der Waals surface area contributed by atoms with Crippen LogP contribution in [0.2, 0.25) is 0 Å². The first-order chi connectivity index (χ1) is 20.2. The number of alkyl carbamates (subject to hydrolysis) is 2. The van der Waals surface area contributed by atoms with E-state index < -0.39 is 53.4 Å². The highest BCUT2D eigenvalue weighted by Crippen LogP contribution is 2.15. The van der Waals surface area contributed by atoms with Crippen LogP contribution in [0.3, 0.4) is 0 Å². The van der Waals surface area contributed by atoms with Gasteiger partial charge in [-0.15, -0.1) is 0 Å². The summed E-state index contributed by atoms with van der Waals surface area (Å²) in [5.74, 6) is -2.06. The number of aryl methyl sites for hydroxylation is 1. The molecule has 0 aliphatic carbocycles. The molecule has 4 amide bonds. The molecule has 2 aromatic carbocycles. The molecule has 43 heavy (non-hydrogen) atoms. The third kappa shape index (κ3) is 14.8. The zero-order valence-electron chi connectivity index (χ0n) is 24.7. The van der Waals surface area contributed by atoms with E-state index in [-0.39, 0.29) is 24.9 Å². The number of unbranched alkanes of at least 4 members (excludes halogenated alkanes) is 1. The Bertz CT molecular complexity index is 1220. The quantitative estimate of drug-likeness (QED) is 0.257. The minimum absolute atomic E-state index is 0.0257.